The van der Waals surface area contributed by atoms with Crippen LogP contribution in [0.2, 0.25) is 0 Å². The molecule has 0 aliphatic carbocycles. The average Bonchev–Trinajstić information content (AvgIpc) is 2.76. The van der Waals surface area contributed by atoms with Crippen LogP contribution in [-0.4, -0.2) is 37.1 Å². The first-order valence-corrected chi connectivity index (χ1v) is 7.21. The maximum Gasteiger partial charge on any atom is 0.00792 e. The van der Waals surface area contributed by atoms with Gasteiger partial charge < -0.3 is 10.2 Å². The van der Waals surface area contributed by atoms with E-state index in [1.165, 1.54) is 58.3 Å². The largest absolute Gasteiger partial charge is 0.314 e. The van der Waals surface area contributed by atoms with Crippen molar-refractivity contribution in [1.29, 1.82) is 0 Å². The summed E-state index contributed by atoms with van der Waals surface area (Å²) in [6.07, 6.45) is 7.02. The van der Waals surface area contributed by atoms with E-state index in [0.717, 1.165) is 17.9 Å². The molecule has 16 heavy (non-hydrogen) atoms. The van der Waals surface area contributed by atoms with E-state index in [2.05, 4.69) is 24.1 Å². The number of rotatable bonds is 4. The van der Waals surface area contributed by atoms with E-state index in [0.29, 0.717) is 0 Å². The summed E-state index contributed by atoms with van der Waals surface area (Å²) in [6, 6.07) is 0.812. The Morgan fingerprint density at radius 2 is 2.12 bits per heavy atom. The second kappa shape index (κ2) is 6.02. The highest BCUT2D eigenvalue weighted by molar-refractivity contribution is 4.80. The van der Waals surface area contributed by atoms with Crippen LogP contribution in [0.4, 0.5) is 0 Å². The number of piperidine rings is 1. The van der Waals surface area contributed by atoms with Crippen LogP contribution in [0.3, 0.4) is 0 Å². The van der Waals surface area contributed by atoms with Gasteiger partial charge in [0.2, 0.25) is 0 Å². The lowest BCUT2D eigenvalue weighted by atomic mass is 9.95. The van der Waals surface area contributed by atoms with Crippen molar-refractivity contribution in [3.63, 3.8) is 0 Å². The van der Waals surface area contributed by atoms with Gasteiger partial charge in [-0.2, -0.15) is 0 Å². The normalized spacial score (nSPS) is 32.4. The van der Waals surface area contributed by atoms with Gasteiger partial charge in [-0.3, -0.25) is 0 Å². The smallest absolute Gasteiger partial charge is 0.00792 e. The van der Waals surface area contributed by atoms with Crippen molar-refractivity contribution in [3.05, 3.63) is 0 Å². The minimum atomic E-state index is 0.812. The van der Waals surface area contributed by atoms with Crippen molar-refractivity contribution in [2.24, 2.45) is 11.8 Å². The molecule has 2 nitrogen and oxygen atoms in total. The van der Waals surface area contributed by atoms with Gasteiger partial charge in [0, 0.05) is 12.6 Å². The summed E-state index contributed by atoms with van der Waals surface area (Å²) in [5.41, 5.74) is 0. The zero-order valence-electron chi connectivity index (χ0n) is 11.0. The lowest BCUT2D eigenvalue weighted by Gasteiger charge is -2.26. The first-order chi connectivity index (χ1) is 7.75. The molecule has 2 fully saturated rings. The van der Waals surface area contributed by atoms with Gasteiger partial charge in [-0.05, 0) is 57.2 Å². The second-order valence-corrected chi connectivity index (χ2v) is 6.03. The fourth-order valence-corrected chi connectivity index (χ4v) is 3.12. The van der Waals surface area contributed by atoms with E-state index in [9.17, 15) is 0 Å². The van der Waals surface area contributed by atoms with E-state index in [4.69, 9.17) is 0 Å². The Bertz CT molecular complexity index is 197. The molecule has 2 heteroatoms. The highest BCUT2D eigenvalue weighted by atomic mass is 15.1. The Labute approximate surface area is 101 Å². The first-order valence-electron chi connectivity index (χ1n) is 7.21. The van der Waals surface area contributed by atoms with Crippen LogP contribution in [0, 0.1) is 11.8 Å². The van der Waals surface area contributed by atoms with Crippen molar-refractivity contribution in [2.75, 3.05) is 26.2 Å². The van der Waals surface area contributed by atoms with Gasteiger partial charge in [0.25, 0.3) is 0 Å². The van der Waals surface area contributed by atoms with Gasteiger partial charge in [0.05, 0.1) is 0 Å². The van der Waals surface area contributed by atoms with Crippen molar-refractivity contribution in [1.82, 2.24) is 10.2 Å². The molecule has 2 heterocycles. The minimum absolute atomic E-state index is 0.812. The molecule has 0 bridgehead atoms. The van der Waals surface area contributed by atoms with Crippen molar-refractivity contribution >= 4 is 0 Å². The molecule has 2 saturated heterocycles. The van der Waals surface area contributed by atoms with Crippen LogP contribution in [0.5, 0.6) is 0 Å². The Hall–Kier alpha value is -0.0800. The monoisotopic (exact) mass is 224 g/mol. The van der Waals surface area contributed by atoms with Crippen LogP contribution in [0.25, 0.3) is 0 Å². The maximum absolute atomic E-state index is 3.65. The Morgan fingerprint density at radius 1 is 1.25 bits per heavy atom. The average molecular weight is 224 g/mol. The SMILES string of the molecule is CC(C)C1CCN(CCC2CCCCN2)C1. The highest BCUT2D eigenvalue weighted by Gasteiger charge is 2.25. The van der Waals surface area contributed by atoms with Gasteiger partial charge in [-0.15, -0.1) is 0 Å². The molecule has 2 unspecified atom stereocenters. The summed E-state index contributed by atoms with van der Waals surface area (Å²) in [5.74, 6) is 1.83. The van der Waals surface area contributed by atoms with Crippen molar-refractivity contribution < 1.29 is 0 Å². The van der Waals surface area contributed by atoms with Crippen molar-refractivity contribution in [3.8, 4) is 0 Å². The fourth-order valence-electron chi connectivity index (χ4n) is 3.12. The topological polar surface area (TPSA) is 15.3 Å². The lowest BCUT2D eigenvalue weighted by molar-refractivity contribution is 0.271. The van der Waals surface area contributed by atoms with E-state index >= 15 is 0 Å². The molecule has 0 aromatic heterocycles. The third kappa shape index (κ3) is 3.46. The number of nitrogens with one attached hydrogen (secondary N) is 1. The molecule has 0 spiro atoms. The molecule has 0 saturated carbocycles. The third-order valence-corrected chi connectivity index (χ3v) is 4.46. The van der Waals surface area contributed by atoms with Gasteiger partial charge in [0.15, 0.2) is 0 Å². The molecule has 0 aromatic carbocycles. The lowest BCUT2D eigenvalue weighted by Crippen LogP contribution is -2.37. The van der Waals surface area contributed by atoms with E-state index in [1.807, 2.05) is 0 Å². The Kier molecular flexibility index (Phi) is 4.66. The van der Waals surface area contributed by atoms with E-state index in [1.54, 1.807) is 0 Å². The van der Waals surface area contributed by atoms with E-state index in [-0.39, 0.29) is 0 Å². The fraction of sp³-hybridized carbons (Fsp3) is 1.00. The highest BCUT2D eigenvalue weighted by Crippen LogP contribution is 2.24. The Balaban J connectivity index is 1.63. The number of hydrogen-bond donors (Lipinski definition) is 1. The molecule has 1 N–H and O–H groups in total. The number of hydrogen-bond acceptors (Lipinski definition) is 2. The molecule has 2 aliphatic rings. The molecular formula is C14H28N2. The number of nitrogens with zero attached hydrogens (tertiary/aromatic N) is 1. The molecule has 2 aliphatic heterocycles. The predicted molar refractivity (Wildman–Crippen MR) is 69.6 cm³/mol. The van der Waals surface area contributed by atoms with E-state index < -0.39 is 0 Å². The van der Waals surface area contributed by atoms with Gasteiger partial charge in [-0.1, -0.05) is 20.3 Å². The maximum atomic E-state index is 3.65. The van der Waals surface area contributed by atoms with Gasteiger partial charge >= 0.3 is 0 Å². The molecule has 0 radical (unpaired) electrons. The predicted octanol–water partition coefficient (Wildman–Crippen LogP) is 2.50. The zero-order valence-corrected chi connectivity index (χ0v) is 11.0. The molecule has 94 valence electrons. The van der Waals surface area contributed by atoms with Crippen LogP contribution >= 0.6 is 0 Å². The summed E-state index contributed by atoms with van der Waals surface area (Å²) in [4.78, 5) is 2.68. The quantitative estimate of drug-likeness (QED) is 0.789. The van der Waals surface area contributed by atoms with Gasteiger partial charge in [-0.25, -0.2) is 0 Å². The number of likely N-dealkylation sites (tertiary alicyclic amines) is 1. The summed E-state index contributed by atoms with van der Waals surface area (Å²) in [5, 5.41) is 3.65. The standard InChI is InChI=1S/C14H28N2/c1-12(2)13-6-9-16(11-13)10-7-14-5-3-4-8-15-14/h12-15H,3-11H2,1-2H3. The summed E-state index contributed by atoms with van der Waals surface area (Å²) >= 11 is 0. The molecule has 2 atom stereocenters. The van der Waals surface area contributed by atoms with Crippen LogP contribution < -0.4 is 5.32 Å². The molecule has 0 amide bonds. The Morgan fingerprint density at radius 3 is 2.75 bits per heavy atom. The first kappa shape index (κ1) is 12.4. The van der Waals surface area contributed by atoms with Crippen LogP contribution in [0.1, 0.15) is 46.0 Å². The van der Waals surface area contributed by atoms with Crippen molar-refractivity contribution in [2.45, 2.75) is 52.0 Å². The third-order valence-electron chi connectivity index (χ3n) is 4.46. The van der Waals surface area contributed by atoms with Crippen LogP contribution in [0.15, 0.2) is 0 Å². The zero-order chi connectivity index (χ0) is 11.4. The summed E-state index contributed by atoms with van der Waals surface area (Å²) in [7, 11) is 0. The summed E-state index contributed by atoms with van der Waals surface area (Å²) < 4.78 is 0. The summed E-state index contributed by atoms with van der Waals surface area (Å²) in [6.45, 7) is 10.0. The molecule has 0 aromatic rings. The second-order valence-electron chi connectivity index (χ2n) is 6.03. The molecular weight excluding hydrogens is 196 g/mol. The molecule has 2 rings (SSSR count). The minimum Gasteiger partial charge on any atom is -0.314 e. The van der Waals surface area contributed by atoms with Gasteiger partial charge in [0.1, 0.15) is 0 Å². The van der Waals surface area contributed by atoms with Crippen LogP contribution in [-0.2, 0) is 0 Å².